The summed E-state index contributed by atoms with van der Waals surface area (Å²) < 4.78 is 23.9. The van der Waals surface area contributed by atoms with Crippen LogP contribution in [0.2, 0.25) is 5.02 Å². The fourth-order valence-electron chi connectivity index (χ4n) is 1.58. The number of halogens is 1. The minimum absolute atomic E-state index is 0.0267. The number of carboxylic acids is 1. The van der Waals surface area contributed by atoms with Crippen LogP contribution in [0.3, 0.4) is 0 Å². The van der Waals surface area contributed by atoms with Gasteiger partial charge in [-0.05, 0) is 37.1 Å². The fraction of sp³-hybridized carbons (Fsp3) is 0.385. The van der Waals surface area contributed by atoms with E-state index >= 15 is 0 Å². The van der Waals surface area contributed by atoms with Crippen LogP contribution in [0.4, 0.5) is 0 Å². The van der Waals surface area contributed by atoms with Gasteiger partial charge in [0.1, 0.15) is 5.75 Å². The number of benzene rings is 1. The zero-order chi connectivity index (χ0) is 15.9. The third-order valence-electron chi connectivity index (χ3n) is 2.63. The van der Waals surface area contributed by atoms with Crippen molar-refractivity contribution in [3.05, 3.63) is 29.3 Å². The maximum Gasteiger partial charge on any atom is 0.303 e. The zero-order valence-corrected chi connectivity index (χ0v) is 12.8. The van der Waals surface area contributed by atoms with Crippen molar-refractivity contribution in [3.8, 4) is 0 Å². The molecule has 0 aromatic heterocycles. The molecule has 21 heavy (non-hydrogen) atoms. The third-order valence-corrected chi connectivity index (χ3v) is 4.52. The monoisotopic (exact) mass is 333 g/mol. The molecule has 0 aliphatic rings. The minimum Gasteiger partial charge on any atom is -0.481 e. The smallest absolute Gasteiger partial charge is 0.303 e. The summed E-state index contributed by atoms with van der Waals surface area (Å²) in [5.41, 5.74) is 0. The molecule has 0 aliphatic heterocycles. The van der Waals surface area contributed by atoms with E-state index in [1.165, 1.54) is 24.3 Å². The second-order valence-electron chi connectivity index (χ2n) is 4.41. The van der Waals surface area contributed by atoms with E-state index in [1.54, 1.807) is 0 Å². The summed E-state index contributed by atoms with van der Waals surface area (Å²) in [7, 11) is -3.70. The highest BCUT2D eigenvalue weighted by molar-refractivity contribution is 7.92. The summed E-state index contributed by atoms with van der Waals surface area (Å²) in [4.78, 5) is 21.9. The lowest BCUT2D eigenvalue weighted by atomic mass is 10.2. The number of sulfone groups is 1. The first-order chi connectivity index (χ1) is 9.81. The predicted octanol–water partition coefficient (Wildman–Crippen LogP) is 1.48. The summed E-state index contributed by atoms with van der Waals surface area (Å²) in [5.74, 6) is -2.15. The van der Waals surface area contributed by atoms with Gasteiger partial charge in [-0.15, -0.1) is 0 Å². The fourth-order valence-corrected chi connectivity index (χ4v) is 2.87. The molecule has 1 amide bonds. The Morgan fingerprint density at radius 3 is 2.33 bits per heavy atom. The number of unbranched alkanes of at least 4 members (excludes halogenated alkanes) is 1. The Labute approximate surface area is 128 Å². The summed E-state index contributed by atoms with van der Waals surface area (Å²) >= 11 is 5.67. The average molecular weight is 334 g/mol. The molecule has 0 aliphatic carbocycles. The highest BCUT2D eigenvalue weighted by atomic mass is 35.5. The molecule has 1 aromatic carbocycles. The van der Waals surface area contributed by atoms with Gasteiger partial charge in [0, 0.05) is 18.0 Å². The zero-order valence-electron chi connectivity index (χ0n) is 11.2. The lowest BCUT2D eigenvalue weighted by molar-refractivity contribution is -0.137. The van der Waals surface area contributed by atoms with E-state index in [1.807, 2.05) is 0 Å². The average Bonchev–Trinajstić information content (AvgIpc) is 2.37. The second kappa shape index (κ2) is 7.99. The predicted molar refractivity (Wildman–Crippen MR) is 78.0 cm³/mol. The first-order valence-electron chi connectivity index (χ1n) is 6.28. The van der Waals surface area contributed by atoms with Crippen molar-refractivity contribution in [3.63, 3.8) is 0 Å². The van der Waals surface area contributed by atoms with Crippen LogP contribution in [-0.2, 0) is 19.4 Å². The minimum atomic E-state index is -3.70. The lowest BCUT2D eigenvalue weighted by Crippen LogP contribution is -2.31. The number of carbonyl (C=O) groups is 2. The van der Waals surface area contributed by atoms with Crippen molar-refractivity contribution in [1.82, 2.24) is 5.32 Å². The van der Waals surface area contributed by atoms with Crippen LogP contribution in [-0.4, -0.2) is 37.7 Å². The Balaban J connectivity index is 2.43. The molecule has 0 radical (unpaired) electrons. The number of nitrogens with one attached hydrogen (secondary N) is 1. The van der Waals surface area contributed by atoms with Crippen molar-refractivity contribution >= 4 is 33.3 Å². The molecule has 0 fully saturated rings. The number of carboxylic acid groups (broad SMARTS) is 1. The van der Waals surface area contributed by atoms with E-state index in [-0.39, 0.29) is 17.9 Å². The maximum absolute atomic E-state index is 12.0. The Bertz CT molecular complexity index is 597. The molecule has 2 N–H and O–H groups in total. The van der Waals surface area contributed by atoms with Gasteiger partial charge in [-0.2, -0.15) is 0 Å². The molecule has 0 bridgehead atoms. The lowest BCUT2D eigenvalue weighted by Gasteiger charge is -2.06. The van der Waals surface area contributed by atoms with Crippen molar-refractivity contribution in [1.29, 1.82) is 0 Å². The Morgan fingerprint density at radius 1 is 1.14 bits per heavy atom. The molecule has 0 saturated heterocycles. The maximum atomic E-state index is 12.0. The number of aliphatic carboxylic acids is 1. The van der Waals surface area contributed by atoms with Gasteiger partial charge >= 0.3 is 5.97 Å². The van der Waals surface area contributed by atoms with Crippen LogP contribution in [0.25, 0.3) is 0 Å². The van der Waals surface area contributed by atoms with Gasteiger partial charge in [0.25, 0.3) is 0 Å². The van der Waals surface area contributed by atoms with Crippen LogP contribution in [0.15, 0.2) is 29.2 Å². The molecule has 0 unspecified atom stereocenters. The van der Waals surface area contributed by atoms with Gasteiger partial charge in [-0.25, -0.2) is 8.42 Å². The summed E-state index contributed by atoms with van der Waals surface area (Å²) in [6.45, 7) is 0.252. The number of rotatable bonds is 8. The third kappa shape index (κ3) is 6.59. The van der Waals surface area contributed by atoms with Gasteiger partial charge < -0.3 is 10.4 Å². The molecule has 0 heterocycles. The van der Waals surface area contributed by atoms with Crippen LogP contribution >= 0.6 is 11.6 Å². The second-order valence-corrected chi connectivity index (χ2v) is 6.84. The molecule has 116 valence electrons. The SMILES string of the molecule is O=C(O)CCCCNC(=O)CS(=O)(=O)c1ccc(Cl)cc1. The van der Waals surface area contributed by atoms with Gasteiger partial charge in [-0.1, -0.05) is 11.6 Å². The summed E-state index contributed by atoms with van der Waals surface area (Å²) in [6.07, 6.45) is 0.942. The molecule has 1 aromatic rings. The Hall–Kier alpha value is -1.60. The van der Waals surface area contributed by atoms with Gasteiger partial charge in [-0.3, -0.25) is 9.59 Å². The number of hydrogen-bond acceptors (Lipinski definition) is 4. The van der Waals surface area contributed by atoms with E-state index in [4.69, 9.17) is 16.7 Å². The summed E-state index contributed by atoms with van der Waals surface area (Å²) in [5, 5.41) is 11.3. The standard InChI is InChI=1S/C13H16ClNO5S/c14-10-4-6-11(7-5-10)21(19,20)9-12(16)15-8-2-1-3-13(17)18/h4-7H,1-3,8-9H2,(H,15,16)(H,17,18). The van der Waals surface area contributed by atoms with Crippen molar-refractivity contribution in [2.75, 3.05) is 12.3 Å². The number of carbonyl (C=O) groups excluding carboxylic acids is 1. The first-order valence-corrected chi connectivity index (χ1v) is 8.31. The first kappa shape index (κ1) is 17.5. The van der Waals surface area contributed by atoms with Crippen molar-refractivity contribution in [2.45, 2.75) is 24.2 Å². The number of hydrogen-bond donors (Lipinski definition) is 2. The van der Waals surface area contributed by atoms with Gasteiger partial charge in [0.2, 0.25) is 5.91 Å². The highest BCUT2D eigenvalue weighted by Crippen LogP contribution is 2.15. The van der Waals surface area contributed by atoms with Crippen LogP contribution in [0.5, 0.6) is 0 Å². The van der Waals surface area contributed by atoms with Gasteiger partial charge in [0.05, 0.1) is 4.90 Å². The molecule has 1 rings (SSSR count). The van der Waals surface area contributed by atoms with E-state index < -0.39 is 27.5 Å². The Kier molecular flexibility index (Phi) is 6.64. The van der Waals surface area contributed by atoms with Crippen LogP contribution in [0.1, 0.15) is 19.3 Å². The molecular formula is C13H16ClNO5S. The van der Waals surface area contributed by atoms with E-state index in [0.717, 1.165) is 0 Å². The Morgan fingerprint density at radius 2 is 1.76 bits per heavy atom. The van der Waals surface area contributed by atoms with Crippen molar-refractivity contribution in [2.24, 2.45) is 0 Å². The molecule has 0 saturated carbocycles. The van der Waals surface area contributed by atoms with Crippen LogP contribution < -0.4 is 5.32 Å². The van der Waals surface area contributed by atoms with E-state index in [9.17, 15) is 18.0 Å². The molecule has 0 spiro atoms. The van der Waals surface area contributed by atoms with E-state index in [0.29, 0.717) is 17.9 Å². The molecule has 0 atom stereocenters. The molecule has 6 nitrogen and oxygen atoms in total. The van der Waals surface area contributed by atoms with E-state index in [2.05, 4.69) is 5.32 Å². The van der Waals surface area contributed by atoms with Gasteiger partial charge in [0.15, 0.2) is 9.84 Å². The van der Waals surface area contributed by atoms with Crippen molar-refractivity contribution < 1.29 is 23.1 Å². The molecule has 8 heteroatoms. The topological polar surface area (TPSA) is 101 Å². The quantitative estimate of drug-likeness (QED) is 0.702. The largest absolute Gasteiger partial charge is 0.481 e. The highest BCUT2D eigenvalue weighted by Gasteiger charge is 2.18. The molecular weight excluding hydrogens is 318 g/mol. The van der Waals surface area contributed by atoms with Crippen LogP contribution in [0, 0.1) is 0 Å². The summed E-state index contributed by atoms with van der Waals surface area (Å²) in [6, 6.07) is 5.58. The normalized spacial score (nSPS) is 11.1. The number of amides is 1.